The first-order chi connectivity index (χ1) is 21.4. The summed E-state index contributed by atoms with van der Waals surface area (Å²) in [4.78, 5) is 46.4. The maximum Gasteiger partial charge on any atom is 0.238 e. The number of hydrogen-bond acceptors (Lipinski definition) is 7. The van der Waals surface area contributed by atoms with Gasteiger partial charge in [0, 0.05) is 17.5 Å². The molecule has 4 aromatic carbocycles. The standard InChI is InChI=1S/C36H30N2O6/c1-42-27-15-9-6-12-24(27)33(40)30-31(32(39)22-16-17-28(43-2)29(20-22)44-3)38-19-18-21-10-4-5-11-23(21)34(38)36(30)25-13-7-8-14-26(25)37-35(36)41/h4-20,30-31,34H,1-3H3,(H,37,41). The Labute approximate surface area is 254 Å². The second kappa shape index (κ2) is 10.4. The third-order valence-electron chi connectivity index (χ3n) is 9.16. The van der Waals surface area contributed by atoms with E-state index in [2.05, 4.69) is 5.32 Å². The van der Waals surface area contributed by atoms with Crippen LogP contribution in [0.3, 0.4) is 0 Å². The molecule has 1 amide bonds. The summed E-state index contributed by atoms with van der Waals surface area (Å²) in [7, 11) is 4.53. The number of fused-ring (bicyclic) bond motifs is 6. The van der Waals surface area contributed by atoms with Gasteiger partial charge in [-0.1, -0.05) is 54.6 Å². The van der Waals surface area contributed by atoms with Crippen molar-refractivity contribution in [2.45, 2.75) is 17.5 Å². The lowest BCUT2D eigenvalue weighted by molar-refractivity contribution is -0.122. The van der Waals surface area contributed by atoms with Gasteiger partial charge in [-0.05, 0) is 59.2 Å². The highest BCUT2D eigenvalue weighted by Gasteiger charge is 2.70. The minimum Gasteiger partial charge on any atom is -0.496 e. The van der Waals surface area contributed by atoms with Crippen LogP contribution in [0.5, 0.6) is 17.2 Å². The molecule has 0 aliphatic carbocycles. The van der Waals surface area contributed by atoms with Crippen molar-refractivity contribution in [3.63, 3.8) is 0 Å². The van der Waals surface area contributed by atoms with E-state index in [1.807, 2.05) is 65.7 Å². The van der Waals surface area contributed by atoms with Gasteiger partial charge in [0.25, 0.3) is 0 Å². The zero-order valence-corrected chi connectivity index (χ0v) is 24.4. The minimum absolute atomic E-state index is 0.304. The Hall–Kier alpha value is -5.37. The lowest BCUT2D eigenvalue weighted by atomic mass is 9.62. The maximum absolute atomic E-state index is 15.1. The van der Waals surface area contributed by atoms with Crippen LogP contribution in [-0.2, 0) is 10.2 Å². The molecule has 0 bridgehead atoms. The van der Waals surface area contributed by atoms with Crippen LogP contribution in [0.1, 0.15) is 43.4 Å². The van der Waals surface area contributed by atoms with E-state index in [-0.39, 0.29) is 17.5 Å². The molecule has 44 heavy (non-hydrogen) atoms. The number of nitrogens with one attached hydrogen (secondary N) is 1. The van der Waals surface area contributed by atoms with Gasteiger partial charge >= 0.3 is 0 Å². The number of ether oxygens (including phenoxy) is 3. The molecule has 0 radical (unpaired) electrons. The van der Waals surface area contributed by atoms with Gasteiger partial charge in [-0.3, -0.25) is 14.4 Å². The zero-order valence-electron chi connectivity index (χ0n) is 24.4. The van der Waals surface area contributed by atoms with Gasteiger partial charge in [-0.15, -0.1) is 0 Å². The summed E-state index contributed by atoms with van der Waals surface area (Å²) in [6.45, 7) is 0. The summed E-state index contributed by atoms with van der Waals surface area (Å²) in [6.07, 6.45) is 3.78. The van der Waals surface area contributed by atoms with Gasteiger partial charge in [0.15, 0.2) is 23.1 Å². The molecular weight excluding hydrogens is 556 g/mol. The lowest BCUT2D eigenvalue weighted by Crippen LogP contribution is -2.49. The third-order valence-corrected chi connectivity index (χ3v) is 9.16. The Morgan fingerprint density at radius 2 is 1.48 bits per heavy atom. The molecular formula is C36H30N2O6. The monoisotopic (exact) mass is 586 g/mol. The first-order valence-corrected chi connectivity index (χ1v) is 14.3. The van der Waals surface area contributed by atoms with E-state index in [9.17, 15) is 9.59 Å². The molecule has 3 aliphatic rings. The smallest absolute Gasteiger partial charge is 0.238 e. The molecule has 4 atom stereocenters. The summed E-state index contributed by atoms with van der Waals surface area (Å²) in [6, 6.07) is 25.5. The second-order valence-electron chi connectivity index (χ2n) is 11.1. The number of carbonyl (C=O) groups is 3. The van der Waals surface area contributed by atoms with Crippen LogP contribution in [0.25, 0.3) is 6.08 Å². The van der Waals surface area contributed by atoms with Crippen molar-refractivity contribution in [1.82, 2.24) is 4.90 Å². The molecule has 8 nitrogen and oxygen atoms in total. The fourth-order valence-corrected chi connectivity index (χ4v) is 7.34. The molecule has 4 aromatic rings. The van der Waals surface area contributed by atoms with Crippen LogP contribution in [0.2, 0.25) is 0 Å². The number of benzene rings is 4. The van der Waals surface area contributed by atoms with Gasteiger partial charge < -0.3 is 24.4 Å². The largest absolute Gasteiger partial charge is 0.496 e. The maximum atomic E-state index is 15.1. The molecule has 220 valence electrons. The molecule has 3 heterocycles. The Bertz CT molecular complexity index is 1870. The number of para-hydroxylation sites is 2. The number of rotatable bonds is 7. The fraction of sp³-hybridized carbons (Fsp3) is 0.194. The number of carbonyl (C=O) groups excluding carboxylic acids is 3. The van der Waals surface area contributed by atoms with E-state index < -0.39 is 23.4 Å². The second-order valence-corrected chi connectivity index (χ2v) is 11.1. The number of methoxy groups -OCH3 is 3. The Morgan fingerprint density at radius 3 is 2.27 bits per heavy atom. The number of anilines is 1. The summed E-state index contributed by atoms with van der Waals surface area (Å²) in [5, 5.41) is 3.07. The SMILES string of the molecule is COc1ccc(C(=O)C2C(C(=O)c3ccccc3OC)C3(C(=O)Nc4ccccc43)C3c4ccccc4C=CN23)cc1OC. The number of amides is 1. The van der Waals surface area contributed by atoms with Crippen molar-refractivity contribution in [2.24, 2.45) is 5.92 Å². The quantitative estimate of drug-likeness (QED) is 0.278. The average Bonchev–Trinajstić information content (AvgIpc) is 3.55. The topological polar surface area (TPSA) is 94.2 Å². The molecule has 7 rings (SSSR count). The predicted molar refractivity (Wildman–Crippen MR) is 165 cm³/mol. The highest BCUT2D eigenvalue weighted by molar-refractivity contribution is 6.17. The highest BCUT2D eigenvalue weighted by Crippen LogP contribution is 2.62. The van der Waals surface area contributed by atoms with Gasteiger partial charge in [-0.25, -0.2) is 0 Å². The Morgan fingerprint density at radius 1 is 0.773 bits per heavy atom. The molecule has 0 aromatic heterocycles. The number of hydrogen-bond donors (Lipinski definition) is 1. The molecule has 4 unspecified atom stereocenters. The fourth-order valence-electron chi connectivity index (χ4n) is 7.34. The first kappa shape index (κ1) is 27.5. The normalized spacial score (nSPS) is 22.6. The highest BCUT2D eigenvalue weighted by atomic mass is 16.5. The van der Waals surface area contributed by atoms with Gasteiger partial charge in [0.05, 0.1) is 38.9 Å². The molecule has 8 heteroatoms. The number of ketones is 2. The van der Waals surface area contributed by atoms with Crippen LogP contribution in [0.15, 0.2) is 97.2 Å². The molecule has 1 saturated heterocycles. The van der Waals surface area contributed by atoms with E-state index in [1.165, 1.54) is 21.3 Å². The van der Waals surface area contributed by atoms with E-state index in [1.54, 1.807) is 42.5 Å². The van der Waals surface area contributed by atoms with Crippen molar-refractivity contribution in [3.05, 3.63) is 125 Å². The summed E-state index contributed by atoms with van der Waals surface area (Å²) in [5.41, 5.74) is 2.29. The van der Waals surface area contributed by atoms with Crippen LogP contribution in [-0.4, -0.2) is 49.7 Å². The van der Waals surface area contributed by atoms with Gasteiger partial charge in [0.2, 0.25) is 5.91 Å². The van der Waals surface area contributed by atoms with Crippen molar-refractivity contribution in [3.8, 4) is 17.2 Å². The lowest BCUT2D eigenvalue weighted by Gasteiger charge is -2.38. The molecule has 0 saturated carbocycles. The van der Waals surface area contributed by atoms with Crippen LogP contribution in [0, 0.1) is 5.92 Å². The number of Topliss-reactive ketones (excluding diaryl/α,β-unsaturated/α-hetero) is 2. The predicted octanol–water partition coefficient (Wildman–Crippen LogP) is 5.69. The van der Waals surface area contributed by atoms with Crippen molar-refractivity contribution in [2.75, 3.05) is 26.6 Å². The van der Waals surface area contributed by atoms with E-state index in [4.69, 9.17) is 14.2 Å². The van der Waals surface area contributed by atoms with Crippen molar-refractivity contribution < 1.29 is 28.6 Å². The Kier molecular flexibility index (Phi) is 6.50. The van der Waals surface area contributed by atoms with Gasteiger partial charge in [-0.2, -0.15) is 0 Å². The van der Waals surface area contributed by atoms with Crippen LogP contribution < -0.4 is 19.5 Å². The summed E-state index contributed by atoms with van der Waals surface area (Å²) in [5.74, 6) is -0.882. The summed E-state index contributed by atoms with van der Waals surface area (Å²) >= 11 is 0. The molecule has 1 N–H and O–H groups in total. The van der Waals surface area contributed by atoms with E-state index in [0.29, 0.717) is 39.6 Å². The van der Waals surface area contributed by atoms with Crippen LogP contribution >= 0.6 is 0 Å². The average molecular weight is 587 g/mol. The van der Waals surface area contributed by atoms with E-state index in [0.717, 1.165) is 11.1 Å². The first-order valence-electron chi connectivity index (χ1n) is 14.3. The molecule has 1 fully saturated rings. The van der Waals surface area contributed by atoms with Gasteiger partial charge in [0.1, 0.15) is 17.2 Å². The Balaban J connectivity index is 1.53. The zero-order chi connectivity index (χ0) is 30.6. The molecule has 3 aliphatic heterocycles. The van der Waals surface area contributed by atoms with E-state index >= 15 is 4.79 Å². The number of nitrogens with zero attached hydrogens (tertiary/aromatic N) is 1. The van der Waals surface area contributed by atoms with Crippen molar-refractivity contribution in [1.29, 1.82) is 0 Å². The third kappa shape index (κ3) is 3.73. The van der Waals surface area contributed by atoms with Crippen molar-refractivity contribution >= 4 is 29.2 Å². The van der Waals surface area contributed by atoms with Crippen LogP contribution in [0.4, 0.5) is 5.69 Å². The minimum atomic E-state index is -1.44. The molecule has 1 spiro atoms. The summed E-state index contributed by atoms with van der Waals surface area (Å²) < 4.78 is 16.6.